The first-order valence-corrected chi connectivity index (χ1v) is 11.1. The summed E-state index contributed by atoms with van der Waals surface area (Å²) in [5, 5.41) is 0. The van der Waals surface area contributed by atoms with Crippen LogP contribution in [0.2, 0.25) is 0 Å². The molecule has 1 aliphatic rings. The molecule has 2 heteroatoms. The molecule has 1 aliphatic heterocycles. The Bertz CT molecular complexity index is 800. The summed E-state index contributed by atoms with van der Waals surface area (Å²) in [4.78, 5) is 4.66. The molecular formula is C27H37N2+. The van der Waals surface area contributed by atoms with E-state index in [9.17, 15) is 0 Å². The van der Waals surface area contributed by atoms with Gasteiger partial charge in [0.2, 0.25) is 6.34 Å². The van der Waals surface area contributed by atoms with Gasteiger partial charge in [0.1, 0.15) is 6.20 Å². The van der Waals surface area contributed by atoms with Gasteiger partial charge in [-0.15, -0.1) is 0 Å². The third-order valence-corrected chi connectivity index (χ3v) is 6.06. The first-order chi connectivity index (χ1) is 13.7. The van der Waals surface area contributed by atoms with Crippen molar-refractivity contribution >= 4 is 17.7 Å². The van der Waals surface area contributed by atoms with Crippen LogP contribution in [0.4, 0.5) is 11.4 Å². The maximum atomic E-state index is 4.66. The maximum Gasteiger partial charge on any atom is 0.205 e. The van der Waals surface area contributed by atoms with Gasteiger partial charge >= 0.3 is 0 Å². The van der Waals surface area contributed by atoms with E-state index in [-0.39, 0.29) is 0 Å². The van der Waals surface area contributed by atoms with Crippen LogP contribution in [0.1, 0.15) is 101 Å². The van der Waals surface area contributed by atoms with Crippen molar-refractivity contribution in [2.75, 3.05) is 0 Å². The highest BCUT2D eigenvalue weighted by Gasteiger charge is 2.42. The minimum absolute atomic E-state index is 0.440. The molecule has 0 saturated heterocycles. The van der Waals surface area contributed by atoms with E-state index in [0.717, 1.165) is 0 Å². The molecule has 0 bridgehead atoms. The fraction of sp³-hybridized carbons (Fsp3) is 0.444. The molecule has 0 spiro atoms. The topological polar surface area (TPSA) is 12.4 Å². The van der Waals surface area contributed by atoms with Gasteiger partial charge in [-0.05, 0) is 23.7 Å². The molecule has 29 heavy (non-hydrogen) atoms. The standard InChI is InChI=1S/C27H37N2/c1-18(2)22-11-9-12-23(19(3)4)26(22)29(16-15-28-17-29)27-24(20(5)6)13-10-14-25(27)21(7)8/h9-21H,1-8H3/q+1. The van der Waals surface area contributed by atoms with Crippen molar-refractivity contribution in [3.8, 4) is 0 Å². The van der Waals surface area contributed by atoms with Crippen molar-refractivity contribution in [2.45, 2.75) is 79.1 Å². The molecular weight excluding hydrogens is 352 g/mol. The van der Waals surface area contributed by atoms with Crippen molar-refractivity contribution in [3.63, 3.8) is 0 Å². The molecule has 2 nitrogen and oxygen atoms in total. The second-order valence-electron chi connectivity index (χ2n) is 9.53. The number of hydrogen-bond donors (Lipinski definition) is 0. The lowest BCUT2D eigenvalue weighted by Crippen LogP contribution is -2.39. The van der Waals surface area contributed by atoms with Crippen LogP contribution in [0.25, 0.3) is 0 Å². The smallest absolute Gasteiger partial charge is 0.205 e. The summed E-state index contributed by atoms with van der Waals surface area (Å²) in [6.07, 6.45) is 6.39. The highest BCUT2D eigenvalue weighted by atomic mass is 15.4. The summed E-state index contributed by atoms with van der Waals surface area (Å²) in [5.41, 5.74) is 8.38. The number of nitrogens with zero attached hydrogens (tertiary/aromatic N) is 2. The minimum Gasteiger partial charge on any atom is -0.205 e. The lowest BCUT2D eigenvalue weighted by molar-refractivity contribution is 0.677. The first-order valence-electron chi connectivity index (χ1n) is 11.1. The fourth-order valence-corrected chi connectivity index (χ4v) is 4.58. The molecule has 0 N–H and O–H groups in total. The van der Waals surface area contributed by atoms with Crippen molar-refractivity contribution in [2.24, 2.45) is 4.99 Å². The van der Waals surface area contributed by atoms with E-state index < -0.39 is 0 Å². The van der Waals surface area contributed by atoms with Gasteiger partial charge in [-0.3, -0.25) is 0 Å². The summed E-state index contributed by atoms with van der Waals surface area (Å²) >= 11 is 0. The number of hydrogen-bond acceptors (Lipinski definition) is 1. The monoisotopic (exact) mass is 389 g/mol. The van der Waals surface area contributed by atoms with Crippen LogP contribution in [-0.4, -0.2) is 6.34 Å². The highest BCUT2D eigenvalue weighted by Crippen LogP contribution is 2.50. The van der Waals surface area contributed by atoms with E-state index in [1.165, 1.54) is 33.6 Å². The molecule has 0 aliphatic carbocycles. The summed E-state index contributed by atoms with van der Waals surface area (Å²) in [5.74, 6) is 1.76. The SMILES string of the molecule is CC(C)c1cccc(C(C)C)c1[N+]1(c2c(C(C)C)cccc2C(C)C)C=CN=C1. The summed E-state index contributed by atoms with van der Waals surface area (Å²) < 4.78 is 0.587. The molecule has 154 valence electrons. The van der Waals surface area contributed by atoms with Crippen molar-refractivity contribution < 1.29 is 0 Å². The number of benzene rings is 2. The summed E-state index contributed by atoms with van der Waals surface area (Å²) in [7, 11) is 0. The fourth-order valence-electron chi connectivity index (χ4n) is 4.58. The van der Waals surface area contributed by atoms with E-state index in [1.807, 2.05) is 6.20 Å². The molecule has 2 aromatic carbocycles. The van der Waals surface area contributed by atoms with Gasteiger partial charge < -0.3 is 0 Å². The average Bonchev–Trinajstić information content (AvgIpc) is 3.17. The van der Waals surface area contributed by atoms with Crippen LogP contribution in [0, 0.1) is 0 Å². The molecule has 2 aromatic rings. The lowest BCUT2D eigenvalue weighted by Gasteiger charge is -2.36. The van der Waals surface area contributed by atoms with Crippen LogP contribution in [0.3, 0.4) is 0 Å². The molecule has 0 radical (unpaired) electrons. The Labute approximate surface area is 177 Å². The Balaban J connectivity index is 2.49. The zero-order valence-corrected chi connectivity index (χ0v) is 19.4. The van der Waals surface area contributed by atoms with Crippen molar-refractivity contribution in [1.82, 2.24) is 4.48 Å². The number of para-hydroxylation sites is 2. The predicted molar refractivity (Wildman–Crippen MR) is 128 cm³/mol. The van der Waals surface area contributed by atoms with E-state index >= 15 is 0 Å². The largest absolute Gasteiger partial charge is 0.205 e. The van der Waals surface area contributed by atoms with Crippen LogP contribution < -0.4 is 4.48 Å². The van der Waals surface area contributed by atoms with E-state index in [1.54, 1.807) is 0 Å². The van der Waals surface area contributed by atoms with Crippen LogP contribution in [-0.2, 0) is 0 Å². The Morgan fingerprint density at radius 2 is 0.931 bits per heavy atom. The van der Waals surface area contributed by atoms with Gasteiger partial charge in [0.15, 0.2) is 11.4 Å². The Morgan fingerprint density at radius 1 is 0.586 bits per heavy atom. The van der Waals surface area contributed by atoms with Gasteiger partial charge in [-0.2, -0.15) is 4.48 Å². The van der Waals surface area contributed by atoms with E-state index in [2.05, 4.69) is 109 Å². The maximum absolute atomic E-state index is 4.66. The summed E-state index contributed by atoms with van der Waals surface area (Å²) in [6, 6.07) is 13.7. The van der Waals surface area contributed by atoms with E-state index in [4.69, 9.17) is 0 Å². The minimum atomic E-state index is 0.440. The van der Waals surface area contributed by atoms with E-state index in [0.29, 0.717) is 28.2 Å². The molecule has 3 rings (SSSR count). The van der Waals surface area contributed by atoms with Gasteiger partial charge in [0.05, 0.1) is 6.20 Å². The second kappa shape index (κ2) is 8.28. The molecule has 0 fully saturated rings. The van der Waals surface area contributed by atoms with Crippen molar-refractivity contribution in [1.29, 1.82) is 0 Å². The Kier molecular flexibility index (Phi) is 6.14. The molecule has 1 heterocycles. The van der Waals surface area contributed by atoms with Gasteiger partial charge in [-0.25, -0.2) is 4.99 Å². The first kappa shape index (κ1) is 21.5. The van der Waals surface area contributed by atoms with Gasteiger partial charge in [0, 0.05) is 22.3 Å². The third-order valence-electron chi connectivity index (χ3n) is 6.06. The number of rotatable bonds is 6. The van der Waals surface area contributed by atoms with Crippen molar-refractivity contribution in [3.05, 3.63) is 71.1 Å². The molecule has 0 aromatic heterocycles. The molecule has 0 atom stereocenters. The Morgan fingerprint density at radius 3 is 1.17 bits per heavy atom. The second-order valence-corrected chi connectivity index (χ2v) is 9.53. The summed E-state index contributed by atoms with van der Waals surface area (Å²) in [6.45, 7) is 18.4. The van der Waals surface area contributed by atoms with Crippen LogP contribution in [0.5, 0.6) is 0 Å². The molecule has 0 saturated carbocycles. The van der Waals surface area contributed by atoms with Crippen LogP contribution >= 0.6 is 0 Å². The molecule has 0 unspecified atom stereocenters. The Hall–Kier alpha value is -2.19. The van der Waals surface area contributed by atoms with Gasteiger partial charge in [-0.1, -0.05) is 91.8 Å². The normalized spacial score (nSPS) is 15.4. The highest BCUT2D eigenvalue weighted by molar-refractivity contribution is 5.92. The predicted octanol–water partition coefficient (Wildman–Crippen LogP) is 8.33. The third kappa shape index (κ3) is 3.71. The van der Waals surface area contributed by atoms with Crippen LogP contribution in [0.15, 0.2) is 53.8 Å². The number of aliphatic imine (C=N–C) groups is 1. The average molecular weight is 390 g/mol. The lowest BCUT2D eigenvalue weighted by atomic mass is 9.87. The zero-order valence-electron chi connectivity index (χ0n) is 19.4. The molecule has 0 amide bonds. The number of quaternary nitrogens is 1. The quantitative estimate of drug-likeness (QED) is 0.440. The zero-order chi connectivity index (χ0) is 21.3. The van der Waals surface area contributed by atoms with Gasteiger partial charge in [0.25, 0.3) is 0 Å².